The topological polar surface area (TPSA) is 69.7 Å². The number of hydrogen-bond acceptors (Lipinski definition) is 4. The van der Waals surface area contributed by atoms with Gasteiger partial charge >= 0.3 is 0 Å². The lowest BCUT2D eigenvalue weighted by Crippen LogP contribution is -2.34. The third-order valence-electron chi connectivity index (χ3n) is 3.80. The van der Waals surface area contributed by atoms with Gasteiger partial charge in [-0.15, -0.1) is 0 Å². The molecule has 2 amide bonds. The maximum atomic E-state index is 12.0. The normalized spacial score (nSPS) is 18.7. The number of carbonyl (C=O) groups is 3. The van der Waals surface area contributed by atoms with E-state index in [4.69, 9.17) is 0 Å². The van der Waals surface area contributed by atoms with Crippen molar-refractivity contribution < 1.29 is 14.4 Å². The van der Waals surface area contributed by atoms with Crippen LogP contribution in [-0.2, 0) is 9.59 Å². The minimum Gasteiger partial charge on any atom is -0.361 e. The zero-order valence-electron chi connectivity index (χ0n) is 11.5. The minimum atomic E-state index is -0.610. The molecule has 0 atom stereocenters. The largest absolute Gasteiger partial charge is 0.361 e. The Hall–Kier alpha value is -1.89. The molecule has 6 nitrogen and oxygen atoms in total. The van der Waals surface area contributed by atoms with Crippen molar-refractivity contribution in [3.63, 3.8) is 0 Å². The van der Waals surface area contributed by atoms with Gasteiger partial charge in [-0.3, -0.25) is 14.4 Å². The summed E-state index contributed by atoms with van der Waals surface area (Å²) in [6.07, 6.45) is 0.872. The molecule has 110 valence electrons. The van der Waals surface area contributed by atoms with Crippen LogP contribution >= 0.6 is 15.9 Å². The number of nitrogens with one attached hydrogen (secondary N) is 1. The molecule has 0 unspecified atom stereocenters. The first-order valence-electron chi connectivity index (χ1n) is 6.65. The van der Waals surface area contributed by atoms with Crippen molar-refractivity contribution in [3.05, 3.63) is 22.2 Å². The van der Waals surface area contributed by atoms with Gasteiger partial charge in [0.2, 0.25) is 5.91 Å². The fourth-order valence-electron chi connectivity index (χ4n) is 2.59. The molecule has 0 aromatic heterocycles. The third-order valence-corrected chi connectivity index (χ3v) is 4.44. The Labute approximate surface area is 130 Å². The number of anilines is 2. The zero-order valence-corrected chi connectivity index (χ0v) is 13.1. The van der Waals surface area contributed by atoms with Crippen LogP contribution in [-0.4, -0.2) is 49.2 Å². The van der Waals surface area contributed by atoms with Gasteiger partial charge in [0, 0.05) is 24.6 Å². The Balaban J connectivity index is 1.96. The van der Waals surface area contributed by atoms with Crippen LogP contribution in [0.1, 0.15) is 16.8 Å². The van der Waals surface area contributed by atoms with E-state index >= 15 is 0 Å². The van der Waals surface area contributed by atoms with E-state index in [0.29, 0.717) is 15.7 Å². The van der Waals surface area contributed by atoms with Crippen LogP contribution < -0.4 is 10.2 Å². The molecule has 3 rings (SSSR count). The lowest BCUT2D eigenvalue weighted by Gasteiger charge is -2.23. The van der Waals surface area contributed by atoms with Crippen molar-refractivity contribution in [1.82, 2.24) is 4.90 Å². The number of ketones is 1. The first-order chi connectivity index (χ1) is 9.97. The smallest absolute Gasteiger partial charge is 0.296 e. The highest BCUT2D eigenvalue weighted by molar-refractivity contribution is 9.10. The van der Waals surface area contributed by atoms with E-state index in [9.17, 15) is 14.4 Å². The lowest BCUT2D eigenvalue weighted by molar-refractivity contribution is -0.127. The van der Waals surface area contributed by atoms with Crippen LogP contribution in [0.4, 0.5) is 11.4 Å². The van der Waals surface area contributed by atoms with Crippen LogP contribution in [0.3, 0.4) is 0 Å². The molecule has 0 aliphatic carbocycles. The second kappa shape index (κ2) is 5.14. The zero-order chi connectivity index (χ0) is 15.1. The number of nitrogens with zero attached hydrogens (tertiary/aromatic N) is 2. The number of amides is 2. The van der Waals surface area contributed by atoms with E-state index in [1.807, 2.05) is 4.90 Å². The predicted octanol–water partition coefficient (Wildman–Crippen LogP) is 1.25. The van der Waals surface area contributed by atoms with Gasteiger partial charge in [-0.25, -0.2) is 0 Å². The highest BCUT2D eigenvalue weighted by Gasteiger charge is 2.30. The quantitative estimate of drug-likeness (QED) is 0.773. The molecule has 2 aliphatic heterocycles. The van der Waals surface area contributed by atoms with E-state index in [-0.39, 0.29) is 12.5 Å². The molecule has 0 spiro atoms. The maximum absolute atomic E-state index is 12.0. The SMILES string of the molecule is CN1CCCN(c2cc3c(cc2Br)C(=O)C(=O)N3)CC1=O. The van der Waals surface area contributed by atoms with Crippen molar-refractivity contribution >= 4 is 44.9 Å². The molecule has 0 bridgehead atoms. The van der Waals surface area contributed by atoms with E-state index in [1.54, 1.807) is 24.1 Å². The first kappa shape index (κ1) is 14.1. The van der Waals surface area contributed by atoms with Gasteiger partial charge in [-0.2, -0.15) is 0 Å². The average molecular weight is 352 g/mol. The van der Waals surface area contributed by atoms with Crippen LogP contribution in [0.25, 0.3) is 0 Å². The molecule has 2 aliphatic rings. The Kier molecular flexibility index (Phi) is 3.44. The highest BCUT2D eigenvalue weighted by Crippen LogP contribution is 2.35. The van der Waals surface area contributed by atoms with Gasteiger partial charge in [-0.05, 0) is 34.5 Å². The summed E-state index contributed by atoms with van der Waals surface area (Å²) in [6.45, 7) is 1.76. The molecule has 21 heavy (non-hydrogen) atoms. The monoisotopic (exact) mass is 351 g/mol. The fourth-order valence-corrected chi connectivity index (χ4v) is 3.18. The fraction of sp³-hybridized carbons (Fsp3) is 0.357. The number of Topliss-reactive ketones (excluding diaryl/α,β-unsaturated/α-hetero) is 1. The Morgan fingerprint density at radius 3 is 2.71 bits per heavy atom. The summed E-state index contributed by atoms with van der Waals surface area (Å²) >= 11 is 3.44. The average Bonchev–Trinajstić information content (AvgIpc) is 2.61. The molecule has 2 heterocycles. The van der Waals surface area contributed by atoms with E-state index in [1.165, 1.54) is 0 Å². The summed E-state index contributed by atoms with van der Waals surface area (Å²) < 4.78 is 0.712. The van der Waals surface area contributed by atoms with Gasteiger partial charge in [0.15, 0.2) is 0 Å². The van der Waals surface area contributed by atoms with Crippen LogP contribution in [0.5, 0.6) is 0 Å². The van der Waals surface area contributed by atoms with Crippen molar-refractivity contribution in [1.29, 1.82) is 0 Å². The number of fused-ring (bicyclic) bond motifs is 1. The van der Waals surface area contributed by atoms with E-state index in [0.717, 1.165) is 25.2 Å². The number of benzene rings is 1. The molecular formula is C14H14BrN3O3. The number of rotatable bonds is 1. The summed E-state index contributed by atoms with van der Waals surface area (Å²) in [6, 6.07) is 3.39. The number of hydrogen-bond donors (Lipinski definition) is 1. The maximum Gasteiger partial charge on any atom is 0.296 e. The summed E-state index contributed by atoms with van der Waals surface area (Å²) in [5.41, 5.74) is 1.69. The minimum absolute atomic E-state index is 0.0556. The van der Waals surface area contributed by atoms with Crippen molar-refractivity contribution in [2.24, 2.45) is 0 Å². The standard InChI is InChI=1S/C14H14BrN3O3/c1-17-3-2-4-18(7-12(17)19)11-6-10-8(5-9(11)15)13(20)14(21)16-10/h5-6H,2-4,7H2,1H3,(H,16,20,21). The van der Waals surface area contributed by atoms with Crippen molar-refractivity contribution in [2.45, 2.75) is 6.42 Å². The van der Waals surface area contributed by atoms with Gasteiger partial charge in [0.1, 0.15) is 0 Å². The molecule has 7 heteroatoms. The van der Waals surface area contributed by atoms with E-state index < -0.39 is 11.7 Å². The molecule has 0 saturated carbocycles. The molecule has 1 aromatic carbocycles. The summed E-state index contributed by atoms with van der Waals surface area (Å²) in [7, 11) is 1.79. The lowest BCUT2D eigenvalue weighted by atomic mass is 10.1. The molecule has 0 radical (unpaired) electrons. The highest BCUT2D eigenvalue weighted by atomic mass is 79.9. The van der Waals surface area contributed by atoms with Crippen LogP contribution in [0, 0.1) is 0 Å². The van der Waals surface area contributed by atoms with Crippen molar-refractivity contribution in [2.75, 3.05) is 36.9 Å². The second-order valence-electron chi connectivity index (χ2n) is 5.22. The molecular weight excluding hydrogens is 338 g/mol. The number of halogens is 1. The van der Waals surface area contributed by atoms with E-state index in [2.05, 4.69) is 21.2 Å². The summed E-state index contributed by atoms with van der Waals surface area (Å²) in [4.78, 5) is 38.8. The molecule has 1 fully saturated rings. The predicted molar refractivity (Wildman–Crippen MR) is 81.6 cm³/mol. The summed E-state index contributed by atoms with van der Waals surface area (Å²) in [5, 5.41) is 2.56. The van der Waals surface area contributed by atoms with Crippen LogP contribution in [0.15, 0.2) is 16.6 Å². The molecule has 1 N–H and O–H groups in total. The number of likely N-dealkylation sites (N-methyl/N-ethyl adjacent to an activating group) is 1. The molecule has 1 saturated heterocycles. The Morgan fingerprint density at radius 1 is 1.19 bits per heavy atom. The molecule has 1 aromatic rings. The Morgan fingerprint density at radius 2 is 1.95 bits per heavy atom. The van der Waals surface area contributed by atoms with Gasteiger partial charge in [0.05, 0.1) is 23.5 Å². The van der Waals surface area contributed by atoms with Gasteiger partial charge < -0.3 is 15.1 Å². The first-order valence-corrected chi connectivity index (χ1v) is 7.45. The second-order valence-corrected chi connectivity index (χ2v) is 6.08. The van der Waals surface area contributed by atoms with Crippen LogP contribution in [0.2, 0.25) is 0 Å². The number of carbonyl (C=O) groups excluding carboxylic acids is 3. The van der Waals surface area contributed by atoms with Gasteiger partial charge in [0.25, 0.3) is 11.7 Å². The Bertz CT molecular complexity index is 659. The van der Waals surface area contributed by atoms with Gasteiger partial charge in [-0.1, -0.05) is 0 Å². The summed E-state index contributed by atoms with van der Waals surface area (Å²) in [5.74, 6) is -1.08. The van der Waals surface area contributed by atoms with Crippen molar-refractivity contribution in [3.8, 4) is 0 Å². The third kappa shape index (κ3) is 2.42.